The summed E-state index contributed by atoms with van der Waals surface area (Å²) < 4.78 is 1.77. The third-order valence-corrected chi connectivity index (χ3v) is 5.70. The lowest BCUT2D eigenvalue weighted by Crippen LogP contribution is -2.36. The minimum atomic E-state index is -0.124. The fourth-order valence-electron chi connectivity index (χ4n) is 4.65. The standard InChI is InChI=1S/C18H19N5O2/c1-10-8-13-16(20-5-7-23(13)21-10)19-4-6-22-17(24)14-11-2-3-12(9-11)15(14)18(22)25/h2-3,5,7-8,11-12,14-15H,4,6,9H2,1H3,(H,19,20). The van der Waals surface area contributed by atoms with Gasteiger partial charge in [0.15, 0.2) is 5.82 Å². The van der Waals surface area contributed by atoms with Crippen molar-refractivity contribution >= 4 is 23.1 Å². The van der Waals surface area contributed by atoms with Gasteiger partial charge >= 0.3 is 0 Å². The van der Waals surface area contributed by atoms with Crippen molar-refractivity contribution in [2.24, 2.45) is 23.7 Å². The molecule has 2 aliphatic carbocycles. The number of amides is 2. The predicted molar refractivity (Wildman–Crippen MR) is 90.7 cm³/mol. The number of aromatic nitrogens is 3. The molecule has 4 atom stereocenters. The van der Waals surface area contributed by atoms with Crippen molar-refractivity contribution < 1.29 is 9.59 Å². The van der Waals surface area contributed by atoms with Crippen LogP contribution < -0.4 is 5.32 Å². The van der Waals surface area contributed by atoms with Crippen LogP contribution in [0.1, 0.15) is 12.1 Å². The molecule has 1 aliphatic heterocycles. The number of fused-ring (bicyclic) bond motifs is 6. The first-order chi connectivity index (χ1) is 12.1. The molecule has 3 heterocycles. The molecule has 4 unspecified atom stereocenters. The van der Waals surface area contributed by atoms with Crippen molar-refractivity contribution in [2.45, 2.75) is 13.3 Å². The molecule has 5 rings (SSSR count). The van der Waals surface area contributed by atoms with Gasteiger partial charge in [-0.25, -0.2) is 9.50 Å². The number of allylic oxidation sites excluding steroid dienone is 2. The molecule has 3 aliphatic rings. The van der Waals surface area contributed by atoms with Crippen LogP contribution in [0.15, 0.2) is 30.6 Å². The zero-order valence-corrected chi connectivity index (χ0v) is 13.9. The van der Waals surface area contributed by atoms with E-state index in [1.165, 1.54) is 4.90 Å². The Morgan fingerprint density at radius 2 is 1.92 bits per heavy atom. The van der Waals surface area contributed by atoms with Crippen molar-refractivity contribution in [3.63, 3.8) is 0 Å². The normalized spacial score (nSPS) is 29.9. The van der Waals surface area contributed by atoms with Crippen LogP contribution >= 0.6 is 0 Å². The van der Waals surface area contributed by atoms with Gasteiger partial charge in [-0.2, -0.15) is 5.10 Å². The summed E-state index contributed by atoms with van der Waals surface area (Å²) in [5.74, 6) is 0.983. The molecule has 128 valence electrons. The SMILES string of the molecule is Cc1cc2c(NCCN3C(=O)C4C5C=CC(C5)C4C3=O)nccn2n1. The fourth-order valence-corrected chi connectivity index (χ4v) is 4.65. The highest BCUT2D eigenvalue weighted by atomic mass is 16.2. The highest BCUT2D eigenvalue weighted by molar-refractivity contribution is 6.06. The highest BCUT2D eigenvalue weighted by Crippen LogP contribution is 2.52. The van der Waals surface area contributed by atoms with E-state index in [0.717, 1.165) is 17.6 Å². The molecular weight excluding hydrogens is 318 g/mol. The molecule has 0 aromatic carbocycles. The molecule has 2 aromatic heterocycles. The summed E-state index contributed by atoms with van der Waals surface area (Å²) in [7, 11) is 0. The van der Waals surface area contributed by atoms with Gasteiger partial charge in [-0.1, -0.05) is 12.2 Å². The Bertz CT molecular complexity index is 887. The lowest BCUT2D eigenvalue weighted by atomic mass is 9.85. The average Bonchev–Trinajstić information content (AvgIpc) is 3.33. The number of hydrogen-bond donors (Lipinski definition) is 1. The molecular formula is C18H19N5O2. The highest BCUT2D eigenvalue weighted by Gasteiger charge is 2.58. The van der Waals surface area contributed by atoms with Crippen molar-refractivity contribution in [2.75, 3.05) is 18.4 Å². The van der Waals surface area contributed by atoms with Crippen LogP contribution in [0.3, 0.4) is 0 Å². The van der Waals surface area contributed by atoms with E-state index in [-0.39, 0.29) is 35.5 Å². The van der Waals surface area contributed by atoms with Gasteiger partial charge in [-0.3, -0.25) is 14.5 Å². The van der Waals surface area contributed by atoms with Crippen LogP contribution in [0.25, 0.3) is 5.52 Å². The number of anilines is 1. The molecule has 7 nitrogen and oxygen atoms in total. The first-order valence-electron chi connectivity index (χ1n) is 8.72. The lowest BCUT2D eigenvalue weighted by molar-refractivity contribution is -0.140. The molecule has 2 bridgehead atoms. The number of rotatable bonds is 4. The number of nitrogens with zero attached hydrogens (tertiary/aromatic N) is 4. The maximum atomic E-state index is 12.7. The zero-order valence-electron chi connectivity index (χ0n) is 13.9. The number of nitrogens with one attached hydrogen (secondary N) is 1. The van der Waals surface area contributed by atoms with Crippen LogP contribution in [-0.2, 0) is 9.59 Å². The number of carbonyl (C=O) groups is 2. The molecule has 25 heavy (non-hydrogen) atoms. The van der Waals surface area contributed by atoms with E-state index in [2.05, 4.69) is 27.6 Å². The van der Waals surface area contributed by atoms with Gasteiger partial charge in [0.1, 0.15) is 5.52 Å². The van der Waals surface area contributed by atoms with E-state index in [4.69, 9.17) is 0 Å². The van der Waals surface area contributed by atoms with Crippen LogP contribution in [-0.4, -0.2) is 44.4 Å². The summed E-state index contributed by atoms with van der Waals surface area (Å²) in [6, 6.07) is 1.95. The Kier molecular flexibility index (Phi) is 3.01. The Labute approximate surface area is 144 Å². The van der Waals surface area contributed by atoms with Gasteiger partial charge < -0.3 is 5.32 Å². The van der Waals surface area contributed by atoms with Crippen LogP contribution in [0.4, 0.5) is 5.82 Å². The lowest BCUT2D eigenvalue weighted by Gasteiger charge is -2.17. The Morgan fingerprint density at radius 3 is 2.64 bits per heavy atom. The van der Waals surface area contributed by atoms with Crippen molar-refractivity contribution in [3.05, 3.63) is 36.3 Å². The van der Waals surface area contributed by atoms with Crippen molar-refractivity contribution in [3.8, 4) is 0 Å². The first-order valence-corrected chi connectivity index (χ1v) is 8.72. The largest absolute Gasteiger partial charge is 0.366 e. The Hall–Kier alpha value is -2.70. The van der Waals surface area contributed by atoms with Gasteiger partial charge in [-0.15, -0.1) is 0 Å². The van der Waals surface area contributed by atoms with Crippen LogP contribution in [0, 0.1) is 30.6 Å². The topological polar surface area (TPSA) is 79.6 Å². The van der Waals surface area contributed by atoms with Gasteiger partial charge in [0, 0.05) is 25.5 Å². The zero-order chi connectivity index (χ0) is 17.1. The third kappa shape index (κ3) is 2.04. The quantitative estimate of drug-likeness (QED) is 0.671. The minimum Gasteiger partial charge on any atom is -0.366 e. The Balaban J connectivity index is 1.29. The van der Waals surface area contributed by atoms with Crippen molar-refractivity contribution in [1.29, 1.82) is 0 Å². The average molecular weight is 337 g/mol. The Morgan fingerprint density at radius 1 is 1.20 bits per heavy atom. The van der Waals surface area contributed by atoms with Gasteiger partial charge in [0.2, 0.25) is 11.8 Å². The number of hydrogen-bond acceptors (Lipinski definition) is 5. The number of carbonyl (C=O) groups excluding carboxylic acids is 2. The summed E-state index contributed by atoms with van der Waals surface area (Å²) in [4.78, 5) is 31.1. The van der Waals surface area contributed by atoms with Crippen LogP contribution in [0.2, 0.25) is 0 Å². The second kappa shape index (κ2) is 5.15. The summed E-state index contributed by atoms with van der Waals surface area (Å²) in [5, 5.41) is 7.60. The van der Waals surface area contributed by atoms with Gasteiger partial charge in [0.25, 0.3) is 0 Å². The molecule has 1 saturated carbocycles. The first kappa shape index (κ1) is 14.6. The summed E-state index contributed by atoms with van der Waals surface area (Å²) in [6.45, 7) is 2.79. The van der Waals surface area contributed by atoms with E-state index < -0.39 is 0 Å². The molecule has 2 aromatic rings. The monoisotopic (exact) mass is 337 g/mol. The summed E-state index contributed by atoms with van der Waals surface area (Å²) in [5.41, 5.74) is 1.80. The molecule has 0 spiro atoms. The second-order valence-electron chi connectivity index (χ2n) is 7.15. The molecule has 1 saturated heterocycles. The molecule has 1 N–H and O–H groups in total. The van der Waals surface area contributed by atoms with Gasteiger partial charge in [-0.05, 0) is 31.2 Å². The maximum Gasteiger partial charge on any atom is 0.233 e. The number of aryl methyl sites for hydroxylation is 1. The van der Waals surface area contributed by atoms with Gasteiger partial charge in [0.05, 0.1) is 17.5 Å². The molecule has 2 amide bonds. The summed E-state index contributed by atoms with van der Waals surface area (Å²) in [6.07, 6.45) is 8.68. The van der Waals surface area contributed by atoms with E-state index in [0.29, 0.717) is 18.9 Å². The molecule has 7 heteroatoms. The second-order valence-corrected chi connectivity index (χ2v) is 7.15. The van der Waals surface area contributed by atoms with E-state index >= 15 is 0 Å². The third-order valence-electron chi connectivity index (χ3n) is 5.70. The van der Waals surface area contributed by atoms with Crippen molar-refractivity contribution in [1.82, 2.24) is 19.5 Å². The minimum absolute atomic E-state index is 0.0000139. The molecule has 0 radical (unpaired) electrons. The fraction of sp³-hybridized carbons (Fsp3) is 0.444. The van der Waals surface area contributed by atoms with E-state index in [1.54, 1.807) is 16.9 Å². The summed E-state index contributed by atoms with van der Waals surface area (Å²) >= 11 is 0. The number of imide groups is 1. The van der Waals surface area contributed by atoms with Crippen LogP contribution in [0.5, 0.6) is 0 Å². The maximum absolute atomic E-state index is 12.7. The number of likely N-dealkylation sites (tertiary alicyclic amines) is 1. The molecule has 2 fully saturated rings. The predicted octanol–water partition coefficient (Wildman–Crippen LogP) is 1.26. The smallest absolute Gasteiger partial charge is 0.233 e. The van der Waals surface area contributed by atoms with E-state index in [9.17, 15) is 9.59 Å². The van der Waals surface area contributed by atoms with E-state index in [1.807, 2.05) is 13.0 Å².